The zero-order chi connectivity index (χ0) is 20.3. The highest BCUT2D eigenvalue weighted by molar-refractivity contribution is 5.14. The van der Waals surface area contributed by atoms with Crippen molar-refractivity contribution in [1.29, 1.82) is 0 Å². The van der Waals surface area contributed by atoms with Crippen molar-refractivity contribution in [2.24, 2.45) is 46.3 Å². The fraction of sp³-hybridized carbons (Fsp3) is 1.00. The summed E-state index contributed by atoms with van der Waals surface area (Å²) in [6.07, 6.45) is 7.62. The second-order valence-corrected chi connectivity index (χ2v) is 11.4. The van der Waals surface area contributed by atoms with Gasteiger partial charge in [-0.3, -0.25) is 0 Å². The Kier molecular flexibility index (Phi) is 5.66. The second kappa shape index (κ2) is 7.51. The molecule has 0 saturated heterocycles. The largest absolute Gasteiger partial charge is 0.396 e. The number of fused-ring (bicyclic) bond motifs is 5. The van der Waals surface area contributed by atoms with Crippen LogP contribution in [0.5, 0.6) is 0 Å². The molecule has 0 spiro atoms. The molecule has 4 saturated carbocycles. The Labute approximate surface area is 170 Å². The van der Waals surface area contributed by atoms with E-state index in [0.29, 0.717) is 35.5 Å². The molecular formula is C24H42O4. The Morgan fingerprint density at radius 3 is 2.43 bits per heavy atom. The van der Waals surface area contributed by atoms with E-state index in [2.05, 4.69) is 20.8 Å². The van der Waals surface area contributed by atoms with Crippen LogP contribution in [0.15, 0.2) is 0 Å². The highest BCUT2D eigenvalue weighted by Crippen LogP contribution is 2.68. The van der Waals surface area contributed by atoms with Crippen LogP contribution in [0.4, 0.5) is 0 Å². The van der Waals surface area contributed by atoms with Crippen LogP contribution in [0.25, 0.3) is 0 Å². The summed E-state index contributed by atoms with van der Waals surface area (Å²) < 4.78 is 0. The minimum absolute atomic E-state index is 0.117. The van der Waals surface area contributed by atoms with Crippen LogP contribution in [-0.4, -0.2) is 45.3 Å². The van der Waals surface area contributed by atoms with Crippen molar-refractivity contribution >= 4 is 0 Å². The molecule has 4 rings (SSSR count). The van der Waals surface area contributed by atoms with Gasteiger partial charge >= 0.3 is 0 Å². The first-order valence-corrected chi connectivity index (χ1v) is 11.9. The van der Waals surface area contributed by atoms with Gasteiger partial charge in [0, 0.05) is 6.61 Å². The summed E-state index contributed by atoms with van der Waals surface area (Å²) in [5, 5.41) is 42.2. The number of hydrogen-bond acceptors (Lipinski definition) is 4. The van der Waals surface area contributed by atoms with Gasteiger partial charge in [-0.1, -0.05) is 20.8 Å². The molecular weight excluding hydrogens is 352 g/mol. The third-order valence-corrected chi connectivity index (χ3v) is 10.3. The molecule has 4 N–H and O–H groups in total. The highest BCUT2D eigenvalue weighted by atomic mass is 16.3. The standard InChI is InChI=1S/C24H42O4/c1-14(5-4-10-25)17-6-7-18-22-19(13-21(28)24(17,18)3)23(2)9-8-16(26)11-15(23)12-20(22)27/h14-22,25-28H,4-13H2,1-3H3/t14-,15?,16-,17?,18?,19?,20-,21+,22?,23?,24?/m1/s1. The van der Waals surface area contributed by atoms with Crippen LogP contribution in [-0.2, 0) is 0 Å². The fourth-order valence-corrected chi connectivity index (χ4v) is 8.75. The van der Waals surface area contributed by atoms with E-state index in [1.165, 1.54) is 0 Å². The summed E-state index contributed by atoms with van der Waals surface area (Å²) in [6.45, 7) is 7.23. The Morgan fingerprint density at radius 1 is 0.964 bits per heavy atom. The lowest BCUT2D eigenvalue weighted by Gasteiger charge is -2.63. The Hall–Kier alpha value is -0.160. The smallest absolute Gasteiger partial charge is 0.0602 e. The maximum Gasteiger partial charge on any atom is 0.0602 e. The normalized spacial score (nSPS) is 54.5. The lowest BCUT2D eigenvalue weighted by atomic mass is 9.43. The van der Waals surface area contributed by atoms with Gasteiger partial charge in [0.25, 0.3) is 0 Å². The van der Waals surface area contributed by atoms with E-state index < -0.39 is 0 Å². The number of rotatable bonds is 4. The molecule has 0 radical (unpaired) electrons. The van der Waals surface area contributed by atoms with Gasteiger partial charge in [0.05, 0.1) is 18.3 Å². The molecule has 162 valence electrons. The third kappa shape index (κ3) is 3.01. The first-order valence-electron chi connectivity index (χ1n) is 11.9. The number of aliphatic hydroxyl groups excluding tert-OH is 4. The van der Waals surface area contributed by atoms with Gasteiger partial charge in [-0.25, -0.2) is 0 Å². The van der Waals surface area contributed by atoms with Crippen LogP contribution in [0.3, 0.4) is 0 Å². The molecule has 0 bridgehead atoms. The van der Waals surface area contributed by atoms with E-state index in [1.807, 2.05) is 0 Å². The van der Waals surface area contributed by atoms with Crippen molar-refractivity contribution in [3.63, 3.8) is 0 Å². The van der Waals surface area contributed by atoms with E-state index in [-0.39, 0.29) is 35.7 Å². The zero-order valence-electron chi connectivity index (χ0n) is 18.1. The predicted molar refractivity (Wildman–Crippen MR) is 109 cm³/mol. The van der Waals surface area contributed by atoms with Crippen LogP contribution in [0.1, 0.15) is 78.6 Å². The van der Waals surface area contributed by atoms with Gasteiger partial charge in [0.2, 0.25) is 0 Å². The lowest BCUT2D eigenvalue weighted by Crippen LogP contribution is -2.62. The molecule has 4 nitrogen and oxygen atoms in total. The van der Waals surface area contributed by atoms with E-state index in [4.69, 9.17) is 0 Å². The molecule has 4 aliphatic rings. The van der Waals surface area contributed by atoms with Gasteiger partial charge in [0.1, 0.15) is 0 Å². The Balaban J connectivity index is 1.62. The first-order chi connectivity index (χ1) is 13.2. The van der Waals surface area contributed by atoms with Crippen LogP contribution in [0, 0.1) is 46.3 Å². The number of aliphatic hydroxyl groups is 4. The van der Waals surface area contributed by atoms with Crippen molar-refractivity contribution in [3.8, 4) is 0 Å². The summed E-state index contributed by atoms with van der Waals surface area (Å²) in [5.74, 6) is 2.41. The summed E-state index contributed by atoms with van der Waals surface area (Å²) in [4.78, 5) is 0. The molecule has 28 heavy (non-hydrogen) atoms. The van der Waals surface area contributed by atoms with E-state index in [1.54, 1.807) is 0 Å². The minimum Gasteiger partial charge on any atom is -0.396 e. The van der Waals surface area contributed by atoms with E-state index in [9.17, 15) is 20.4 Å². The SMILES string of the molecule is C[C@H](CCCO)C1CCC2C3C(C[C@H](O)C21C)C1(C)CC[C@@H](O)CC1C[C@H]3O. The van der Waals surface area contributed by atoms with Crippen LogP contribution < -0.4 is 0 Å². The zero-order valence-corrected chi connectivity index (χ0v) is 18.1. The topological polar surface area (TPSA) is 80.9 Å². The average Bonchev–Trinajstić information content (AvgIpc) is 3.01. The first kappa shape index (κ1) is 21.1. The van der Waals surface area contributed by atoms with E-state index >= 15 is 0 Å². The summed E-state index contributed by atoms with van der Waals surface area (Å²) >= 11 is 0. The van der Waals surface area contributed by atoms with Crippen molar-refractivity contribution in [2.75, 3.05) is 6.61 Å². The van der Waals surface area contributed by atoms with Crippen molar-refractivity contribution in [1.82, 2.24) is 0 Å². The van der Waals surface area contributed by atoms with Gasteiger partial charge in [-0.15, -0.1) is 0 Å². The molecule has 0 aliphatic heterocycles. The van der Waals surface area contributed by atoms with Crippen molar-refractivity contribution < 1.29 is 20.4 Å². The Bertz CT molecular complexity index is 567. The molecule has 4 aliphatic carbocycles. The van der Waals surface area contributed by atoms with Gasteiger partial charge in [-0.05, 0) is 104 Å². The maximum atomic E-state index is 11.5. The summed E-state index contributed by atoms with van der Waals surface area (Å²) in [5.41, 5.74) is 0.0282. The third-order valence-electron chi connectivity index (χ3n) is 10.3. The molecule has 7 unspecified atom stereocenters. The van der Waals surface area contributed by atoms with Gasteiger partial charge in [0.15, 0.2) is 0 Å². The summed E-state index contributed by atoms with van der Waals surface area (Å²) in [6, 6.07) is 0. The molecule has 4 heteroatoms. The van der Waals surface area contributed by atoms with Gasteiger partial charge < -0.3 is 20.4 Å². The fourth-order valence-electron chi connectivity index (χ4n) is 8.75. The highest BCUT2D eigenvalue weighted by Gasteiger charge is 2.65. The van der Waals surface area contributed by atoms with Gasteiger partial charge in [-0.2, -0.15) is 0 Å². The Morgan fingerprint density at radius 2 is 1.71 bits per heavy atom. The molecule has 0 aromatic rings. The monoisotopic (exact) mass is 394 g/mol. The minimum atomic E-state index is -0.308. The molecule has 0 amide bonds. The van der Waals surface area contributed by atoms with Crippen LogP contribution in [0.2, 0.25) is 0 Å². The molecule has 4 fully saturated rings. The van der Waals surface area contributed by atoms with Crippen molar-refractivity contribution in [3.05, 3.63) is 0 Å². The predicted octanol–water partition coefficient (Wildman–Crippen LogP) is 3.36. The van der Waals surface area contributed by atoms with E-state index in [0.717, 1.165) is 57.8 Å². The molecule has 0 aromatic heterocycles. The lowest BCUT2D eigenvalue weighted by molar-refractivity contribution is -0.207. The number of hydrogen-bond donors (Lipinski definition) is 4. The molecule has 0 aromatic carbocycles. The van der Waals surface area contributed by atoms with Crippen LogP contribution >= 0.6 is 0 Å². The summed E-state index contributed by atoms with van der Waals surface area (Å²) in [7, 11) is 0. The quantitative estimate of drug-likeness (QED) is 0.589. The second-order valence-electron chi connectivity index (χ2n) is 11.4. The molecule has 0 heterocycles. The van der Waals surface area contributed by atoms with Crippen molar-refractivity contribution in [2.45, 2.75) is 96.9 Å². The maximum absolute atomic E-state index is 11.5. The molecule has 11 atom stereocenters. The average molecular weight is 395 g/mol.